The van der Waals surface area contributed by atoms with E-state index >= 15 is 0 Å². The second-order valence-corrected chi connectivity index (χ2v) is 8.59. The first-order chi connectivity index (χ1) is 12.6. The normalized spacial score (nSPS) is 11.0. The molecule has 26 heavy (non-hydrogen) atoms. The number of thiophene rings is 2. The second kappa shape index (κ2) is 7.29. The highest BCUT2D eigenvalue weighted by atomic mass is 127. The van der Waals surface area contributed by atoms with E-state index in [9.17, 15) is 9.59 Å². The third-order valence-corrected chi connectivity index (χ3v) is 6.23. The molecule has 1 N–H and O–H groups in total. The Balaban J connectivity index is 1.65. The predicted molar refractivity (Wildman–Crippen MR) is 115 cm³/mol. The fraction of sp³-hybridized carbons (Fsp3) is 0.0556. The maximum absolute atomic E-state index is 12.9. The third-order valence-electron chi connectivity index (χ3n) is 3.77. The minimum absolute atomic E-state index is 0.0764. The van der Waals surface area contributed by atoms with Crippen LogP contribution >= 0.6 is 45.3 Å². The molecule has 3 aromatic heterocycles. The molecule has 3 heterocycles. The molecule has 0 aliphatic rings. The quantitative estimate of drug-likeness (QED) is 0.428. The van der Waals surface area contributed by atoms with Crippen LogP contribution in [0.1, 0.15) is 0 Å². The molecule has 1 amide bonds. The number of rotatable bonds is 4. The Morgan fingerprint density at radius 1 is 1.23 bits per heavy atom. The van der Waals surface area contributed by atoms with E-state index < -0.39 is 0 Å². The molecule has 0 fully saturated rings. The number of benzene rings is 1. The largest absolute Gasteiger partial charge is 0.325 e. The number of halogens is 1. The number of amides is 1. The van der Waals surface area contributed by atoms with Crippen molar-refractivity contribution in [1.29, 1.82) is 0 Å². The van der Waals surface area contributed by atoms with Crippen LogP contribution in [-0.2, 0) is 11.3 Å². The summed E-state index contributed by atoms with van der Waals surface area (Å²) in [4.78, 5) is 31.3. The van der Waals surface area contributed by atoms with Gasteiger partial charge in [0.25, 0.3) is 5.56 Å². The Hall–Kier alpha value is -2.04. The van der Waals surface area contributed by atoms with Gasteiger partial charge in [0.05, 0.1) is 11.7 Å². The van der Waals surface area contributed by atoms with E-state index in [0.717, 1.165) is 14.0 Å². The van der Waals surface area contributed by atoms with Crippen LogP contribution in [0.3, 0.4) is 0 Å². The summed E-state index contributed by atoms with van der Waals surface area (Å²) in [5.74, 6) is -0.261. The van der Waals surface area contributed by atoms with Crippen molar-refractivity contribution in [3.8, 4) is 10.4 Å². The first kappa shape index (κ1) is 17.4. The number of fused-ring (bicyclic) bond motifs is 1. The molecule has 0 aliphatic heterocycles. The van der Waals surface area contributed by atoms with Crippen LogP contribution in [0.15, 0.2) is 58.3 Å². The Kier molecular flexibility index (Phi) is 4.88. The number of anilines is 1. The Morgan fingerprint density at radius 2 is 2.12 bits per heavy atom. The van der Waals surface area contributed by atoms with E-state index in [-0.39, 0.29) is 18.0 Å². The van der Waals surface area contributed by atoms with Crippen LogP contribution in [0.4, 0.5) is 5.69 Å². The van der Waals surface area contributed by atoms with Gasteiger partial charge in [-0.1, -0.05) is 12.1 Å². The van der Waals surface area contributed by atoms with Crippen molar-refractivity contribution < 1.29 is 4.79 Å². The SMILES string of the molecule is O=C(Cn1cnc2scc(-c3cccs3)c2c1=O)Nc1cccc(I)c1. The number of carbonyl (C=O) groups is 1. The summed E-state index contributed by atoms with van der Waals surface area (Å²) in [5, 5.41) is 7.31. The number of nitrogens with one attached hydrogen (secondary N) is 1. The highest BCUT2D eigenvalue weighted by Crippen LogP contribution is 2.33. The average molecular weight is 493 g/mol. The van der Waals surface area contributed by atoms with Crippen molar-refractivity contribution in [2.24, 2.45) is 0 Å². The van der Waals surface area contributed by atoms with Gasteiger partial charge in [0.15, 0.2) is 0 Å². The van der Waals surface area contributed by atoms with Crippen molar-refractivity contribution >= 4 is 67.1 Å². The minimum Gasteiger partial charge on any atom is -0.325 e. The van der Waals surface area contributed by atoms with Gasteiger partial charge in [-0.05, 0) is 52.2 Å². The van der Waals surface area contributed by atoms with E-state index in [4.69, 9.17) is 0 Å². The van der Waals surface area contributed by atoms with Crippen LogP contribution in [0, 0.1) is 3.57 Å². The zero-order chi connectivity index (χ0) is 18.1. The summed E-state index contributed by atoms with van der Waals surface area (Å²) in [6.45, 7) is -0.0764. The van der Waals surface area contributed by atoms with Crippen molar-refractivity contribution in [3.05, 3.63) is 67.4 Å². The smallest absolute Gasteiger partial charge is 0.263 e. The summed E-state index contributed by atoms with van der Waals surface area (Å²) in [6.07, 6.45) is 1.44. The van der Waals surface area contributed by atoms with E-state index in [1.807, 2.05) is 47.2 Å². The summed E-state index contributed by atoms with van der Waals surface area (Å²) in [7, 11) is 0. The first-order valence-electron chi connectivity index (χ1n) is 7.68. The molecule has 0 unspecified atom stereocenters. The molecular weight excluding hydrogens is 481 g/mol. The van der Waals surface area contributed by atoms with E-state index in [0.29, 0.717) is 15.9 Å². The fourth-order valence-electron chi connectivity index (χ4n) is 2.61. The van der Waals surface area contributed by atoms with Crippen LogP contribution in [0.5, 0.6) is 0 Å². The van der Waals surface area contributed by atoms with Gasteiger partial charge >= 0.3 is 0 Å². The van der Waals surface area contributed by atoms with Crippen molar-refractivity contribution in [2.75, 3.05) is 5.32 Å². The molecule has 1 aromatic carbocycles. The van der Waals surface area contributed by atoms with E-state index in [1.54, 1.807) is 11.3 Å². The van der Waals surface area contributed by atoms with Crippen LogP contribution in [0.2, 0.25) is 0 Å². The van der Waals surface area contributed by atoms with Gasteiger partial charge in [-0.2, -0.15) is 0 Å². The van der Waals surface area contributed by atoms with Crippen LogP contribution < -0.4 is 10.9 Å². The zero-order valence-corrected chi connectivity index (χ0v) is 17.1. The molecule has 4 aromatic rings. The Morgan fingerprint density at radius 3 is 2.88 bits per heavy atom. The number of carbonyl (C=O) groups excluding carboxylic acids is 1. The highest BCUT2D eigenvalue weighted by Gasteiger charge is 2.15. The van der Waals surface area contributed by atoms with Crippen LogP contribution in [-0.4, -0.2) is 15.5 Å². The zero-order valence-electron chi connectivity index (χ0n) is 13.3. The van der Waals surface area contributed by atoms with Gasteiger partial charge in [-0.25, -0.2) is 4.98 Å². The van der Waals surface area contributed by atoms with Gasteiger partial charge < -0.3 is 5.32 Å². The minimum atomic E-state index is -0.261. The van der Waals surface area contributed by atoms with Crippen molar-refractivity contribution in [1.82, 2.24) is 9.55 Å². The molecule has 0 saturated carbocycles. The molecule has 4 rings (SSSR count). The second-order valence-electron chi connectivity index (χ2n) is 5.54. The molecule has 0 saturated heterocycles. The lowest BCUT2D eigenvalue weighted by Crippen LogP contribution is -2.27. The van der Waals surface area contributed by atoms with Crippen molar-refractivity contribution in [3.63, 3.8) is 0 Å². The molecule has 130 valence electrons. The van der Waals surface area contributed by atoms with Gasteiger partial charge in [0, 0.05) is 25.1 Å². The first-order valence-corrected chi connectivity index (χ1v) is 10.5. The highest BCUT2D eigenvalue weighted by molar-refractivity contribution is 14.1. The molecule has 0 bridgehead atoms. The number of nitrogens with zero attached hydrogens (tertiary/aromatic N) is 2. The van der Waals surface area contributed by atoms with E-state index in [1.165, 1.54) is 22.2 Å². The Labute approximate surface area is 170 Å². The monoisotopic (exact) mass is 493 g/mol. The van der Waals surface area contributed by atoms with Gasteiger partial charge in [-0.3, -0.25) is 14.2 Å². The van der Waals surface area contributed by atoms with E-state index in [2.05, 4.69) is 32.9 Å². The topological polar surface area (TPSA) is 64.0 Å². The lowest BCUT2D eigenvalue weighted by Gasteiger charge is -2.08. The summed E-state index contributed by atoms with van der Waals surface area (Å²) >= 11 is 5.20. The molecule has 8 heteroatoms. The summed E-state index contributed by atoms with van der Waals surface area (Å²) < 4.78 is 2.38. The number of aromatic nitrogens is 2. The predicted octanol–water partition coefficient (Wildman–Crippen LogP) is 4.43. The van der Waals surface area contributed by atoms with Gasteiger partial charge in [-0.15, -0.1) is 22.7 Å². The maximum Gasteiger partial charge on any atom is 0.263 e. The summed E-state index contributed by atoms with van der Waals surface area (Å²) in [6, 6.07) is 11.4. The molecule has 0 atom stereocenters. The molecule has 5 nitrogen and oxygen atoms in total. The molecule has 0 spiro atoms. The van der Waals surface area contributed by atoms with Crippen molar-refractivity contribution in [2.45, 2.75) is 6.54 Å². The van der Waals surface area contributed by atoms with Gasteiger partial charge in [0.1, 0.15) is 11.4 Å². The maximum atomic E-state index is 12.9. The molecular formula is C18H12IN3O2S2. The fourth-order valence-corrected chi connectivity index (χ4v) is 4.88. The third kappa shape index (κ3) is 3.44. The van der Waals surface area contributed by atoms with Gasteiger partial charge in [0.2, 0.25) is 5.91 Å². The number of hydrogen-bond donors (Lipinski definition) is 1. The Bertz CT molecular complexity index is 1150. The summed E-state index contributed by atoms with van der Waals surface area (Å²) in [5.41, 5.74) is 1.39. The lowest BCUT2D eigenvalue weighted by molar-refractivity contribution is -0.116. The molecule has 0 aliphatic carbocycles. The average Bonchev–Trinajstić information content (AvgIpc) is 3.26. The molecule has 0 radical (unpaired) electrons. The number of hydrogen-bond acceptors (Lipinski definition) is 5. The standard InChI is InChI=1S/C18H12IN3O2S2/c19-11-3-1-4-12(7-11)21-15(23)8-22-10-20-17-16(18(22)24)13(9-26-17)14-5-2-6-25-14/h1-7,9-10H,8H2,(H,21,23). The van der Waals surface area contributed by atoms with Crippen LogP contribution in [0.25, 0.3) is 20.7 Å². The lowest BCUT2D eigenvalue weighted by atomic mass is 10.2.